The molecule has 0 aliphatic carbocycles. The van der Waals surface area contributed by atoms with Gasteiger partial charge in [-0.25, -0.2) is 4.98 Å². The van der Waals surface area contributed by atoms with Crippen LogP contribution in [0.4, 0.5) is 0 Å². The maximum absolute atomic E-state index is 12.0. The quantitative estimate of drug-likeness (QED) is 0.772. The van der Waals surface area contributed by atoms with Crippen LogP contribution in [0.3, 0.4) is 0 Å². The first-order valence-electron chi connectivity index (χ1n) is 7.12. The number of hydrogen-bond donors (Lipinski definition) is 1. The average Bonchev–Trinajstić information content (AvgIpc) is 2.50. The fourth-order valence-corrected chi connectivity index (χ4v) is 2.10. The fourth-order valence-electron chi connectivity index (χ4n) is 2.10. The molecule has 22 heavy (non-hydrogen) atoms. The molecule has 2 amide bonds. The van der Waals surface area contributed by atoms with E-state index < -0.39 is 0 Å². The van der Waals surface area contributed by atoms with Gasteiger partial charge in [-0.3, -0.25) is 9.59 Å². The van der Waals surface area contributed by atoms with Gasteiger partial charge in [-0.2, -0.15) is 0 Å². The number of aryl methyl sites for hydroxylation is 2. The van der Waals surface area contributed by atoms with E-state index in [1.165, 1.54) is 11.0 Å². The Morgan fingerprint density at radius 1 is 1.45 bits per heavy atom. The second-order valence-electron chi connectivity index (χ2n) is 4.90. The van der Waals surface area contributed by atoms with Crippen LogP contribution < -0.4 is 10.1 Å². The minimum Gasteiger partial charge on any atom is -0.481 e. The van der Waals surface area contributed by atoms with Crippen molar-refractivity contribution in [1.82, 2.24) is 15.2 Å². The summed E-state index contributed by atoms with van der Waals surface area (Å²) in [5, 5.41) is 2.79. The third kappa shape index (κ3) is 4.58. The molecule has 0 fully saturated rings. The molecule has 0 atom stereocenters. The predicted octanol–water partition coefficient (Wildman–Crippen LogP) is 1.36. The Labute approximate surface area is 131 Å². The highest BCUT2D eigenvalue weighted by atomic mass is 16.5. The Balaban J connectivity index is 2.72. The number of nitrogens with zero attached hydrogens (tertiary/aromatic N) is 2. The van der Waals surface area contributed by atoms with Crippen molar-refractivity contribution in [2.45, 2.75) is 27.3 Å². The van der Waals surface area contributed by atoms with E-state index in [1.54, 1.807) is 7.11 Å². The number of methoxy groups -OCH3 is 1. The maximum atomic E-state index is 12.0. The number of carbonyl (C=O) groups excluding carboxylic acids is 2. The third-order valence-electron chi connectivity index (χ3n) is 3.30. The van der Waals surface area contributed by atoms with E-state index in [-0.39, 0.29) is 18.4 Å². The van der Waals surface area contributed by atoms with Crippen molar-refractivity contribution < 1.29 is 14.3 Å². The number of nitrogens with one attached hydrogen (secondary N) is 1. The summed E-state index contributed by atoms with van der Waals surface area (Å²) in [4.78, 5) is 29.2. The summed E-state index contributed by atoms with van der Waals surface area (Å²) in [5.74, 6) is 0.00908. The van der Waals surface area contributed by atoms with E-state index in [1.807, 2.05) is 26.8 Å². The summed E-state index contributed by atoms with van der Waals surface area (Å²) in [6.07, 6.45) is 1.20. The average molecular weight is 305 g/mol. The summed E-state index contributed by atoms with van der Waals surface area (Å²) in [7, 11) is 1.55. The lowest BCUT2D eigenvalue weighted by Gasteiger charge is -2.19. The van der Waals surface area contributed by atoms with Crippen LogP contribution in [0.15, 0.2) is 18.7 Å². The third-order valence-corrected chi connectivity index (χ3v) is 3.30. The van der Waals surface area contributed by atoms with Crippen LogP contribution in [0.5, 0.6) is 5.88 Å². The summed E-state index contributed by atoms with van der Waals surface area (Å²) in [5.41, 5.74) is 2.69. The minimum atomic E-state index is -0.261. The molecule has 0 saturated carbocycles. The molecule has 0 aliphatic heterocycles. The van der Waals surface area contributed by atoms with Gasteiger partial charge in [0.1, 0.15) is 0 Å². The Morgan fingerprint density at radius 2 is 2.14 bits per heavy atom. The van der Waals surface area contributed by atoms with E-state index in [9.17, 15) is 9.59 Å². The molecule has 1 N–H and O–H groups in total. The summed E-state index contributed by atoms with van der Waals surface area (Å²) in [6.45, 7) is 9.83. The minimum absolute atomic E-state index is 0.00199. The second kappa shape index (κ2) is 8.17. The Bertz CT molecular complexity index is 570. The van der Waals surface area contributed by atoms with Crippen molar-refractivity contribution in [3.8, 4) is 5.88 Å². The molecule has 0 saturated heterocycles. The molecule has 0 aromatic carbocycles. The van der Waals surface area contributed by atoms with Crippen LogP contribution >= 0.6 is 0 Å². The fraction of sp³-hybridized carbons (Fsp3) is 0.438. The monoisotopic (exact) mass is 305 g/mol. The highest BCUT2D eigenvalue weighted by molar-refractivity contribution is 5.90. The molecule has 1 aromatic rings. The molecule has 1 heterocycles. The first-order chi connectivity index (χ1) is 10.4. The molecule has 120 valence electrons. The second-order valence-corrected chi connectivity index (χ2v) is 4.90. The smallest absolute Gasteiger partial charge is 0.246 e. The number of hydrogen-bond acceptors (Lipinski definition) is 4. The van der Waals surface area contributed by atoms with Gasteiger partial charge in [-0.05, 0) is 38.5 Å². The lowest BCUT2D eigenvalue weighted by Crippen LogP contribution is -2.39. The zero-order valence-corrected chi connectivity index (χ0v) is 13.6. The molecule has 0 unspecified atom stereocenters. The van der Waals surface area contributed by atoms with E-state index in [2.05, 4.69) is 16.9 Å². The van der Waals surface area contributed by atoms with Crippen molar-refractivity contribution in [3.05, 3.63) is 35.5 Å². The van der Waals surface area contributed by atoms with Crippen molar-refractivity contribution in [1.29, 1.82) is 0 Å². The summed E-state index contributed by atoms with van der Waals surface area (Å²) in [6, 6.07) is 1.93. The molecule has 6 nitrogen and oxygen atoms in total. The largest absolute Gasteiger partial charge is 0.481 e. The van der Waals surface area contributed by atoms with Crippen LogP contribution in [-0.2, 0) is 16.1 Å². The number of likely N-dealkylation sites (N-methyl/N-ethyl adjacent to an activating group) is 1. The van der Waals surface area contributed by atoms with Crippen molar-refractivity contribution in [2.24, 2.45) is 0 Å². The maximum Gasteiger partial charge on any atom is 0.246 e. The first kappa shape index (κ1) is 17.7. The Kier molecular flexibility index (Phi) is 6.56. The van der Waals surface area contributed by atoms with E-state index in [4.69, 9.17) is 4.74 Å². The zero-order valence-electron chi connectivity index (χ0n) is 13.6. The molecule has 0 aliphatic rings. The van der Waals surface area contributed by atoms with Crippen LogP contribution in [0.1, 0.15) is 23.7 Å². The van der Waals surface area contributed by atoms with E-state index >= 15 is 0 Å². The number of carbonyl (C=O) groups is 2. The summed E-state index contributed by atoms with van der Waals surface area (Å²) >= 11 is 0. The number of aromatic nitrogens is 1. The lowest BCUT2D eigenvalue weighted by molar-refractivity contribution is -0.132. The van der Waals surface area contributed by atoms with Gasteiger partial charge in [-0.1, -0.05) is 6.58 Å². The molecular weight excluding hydrogens is 282 g/mol. The molecule has 1 rings (SSSR count). The van der Waals surface area contributed by atoms with Crippen LogP contribution in [0.2, 0.25) is 0 Å². The highest BCUT2D eigenvalue weighted by Gasteiger charge is 2.14. The van der Waals surface area contributed by atoms with Gasteiger partial charge in [0.05, 0.1) is 13.7 Å². The normalized spacial score (nSPS) is 10.0. The van der Waals surface area contributed by atoms with Gasteiger partial charge in [0, 0.05) is 24.3 Å². The van der Waals surface area contributed by atoms with Crippen molar-refractivity contribution >= 4 is 11.8 Å². The SMILES string of the molecule is C=CC(=O)N(CC)CC(=O)NCc1c(C)cc(C)nc1OC. The molecule has 0 radical (unpaired) electrons. The van der Waals surface area contributed by atoms with E-state index in [0.717, 1.165) is 16.8 Å². The molecule has 0 bridgehead atoms. The number of pyridine rings is 1. The van der Waals surface area contributed by atoms with Crippen LogP contribution in [0.25, 0.3) is 0 Å². The highest BCUT2D eigenvalue weighted by Crippen LogP contribution is 2.20. The van der Waals surface area contributed by atoms with Gasteiger partial charge in [0.2, 0.25) is 17.7 Å². The lowest BCUT2D eigenvalue weighted by atomic mass is 10.1. The molecule has 6 heteroatoms. The van der Waals surface area contributed by atoms with E-state index in [0.29, 0.717) is 19.0 Å². The van der Waals surface area contributed by atoms with Gasteiger partial charge in [0.15, 0.2) is 0 Å². The van der Waals surface area contributed by atoms with Gasteiger partial charge < -0.3 is 15.0 Å². The predicted molar refractivity (Wildman–Crippen MR) is 84.6 cm³/mol. The van der Waals surface area contributed by atoms with Crippen molar-refractivity contribution in [2.75, 3.05) is 20.2 Å². The molecule has 0 spiro atoms. The molecular formula is C16H23N3O3. The zero-order chi connectivity index (χ0) is 16.7. The Morgan fingerprint density at radius 3 is 2.68 bits per heavy atom. The molecule has 1 aromatic heterocycles. The first-order valence-corrected chi connectivity index (χ1v) is 7.12. The Hall–Kier alpha value is -2.37. The number of rotatable bonds is 7. The number of ether oxygens (including phenoxy) is 1. The van der Waals surface area contributed by atoms with Gasteiger partial charge in [-0.15, -0.1) is 0 Å². The van der Waals surface area contributed by atoms with Gasteiger partial charge >= 0.3 is 0 Å². The van der Waals surface area contributed by atoms with Crippen LogP contribution in [0, 0.1) is 13.8 Å². The summed E-state index contributed by atoms with van der Waals surface area (Å²) < 4.78 is 5.26. The van der Waals surface area contributed by atoms with Crippen LogP contribution in [-0.4, -0.2) is 41.9 Å². The topological polar surface area (TPSA) is 71.5 Å². The number of amides is 2. The van der Waals surface area contributed by atoms with Gasteiger partial charge in [0.25, 0.3) is 0 Å². The van der Waals surface area contributed by atoms with Crippen molar-refractivity contribution in [3.63, 3.8) is 0 Å². The standard InChI is InChI=1S/C16H23N3O3/c1-6-15(21)19(7-2)10-14(20)17-9-13-11(3)8-12(4)18-16(13)22-5/h6,8H,1,7,9-10H2,2-5H3,(H,17,20).